The summed E-state index contributed by atoms with van der Waals surface area (Å²) >= 11 is 1.86. The molecule has 0 bridgehead atoms. The Morgan fingerprint density at radius 2 is 2.20 bits per heavy atom. The zero-order chi connectivity index (χ0) is 14.2. The summed E-state index contributed by atoms with van der Waals surface area (Å²) < 4.78 is 0.299. The Morgan fingerprint density at radius 3 is 2.85 bits per heavy atom. The molecule has 1 aromatic heterocycles. The van der Waals surface area contributed by atoms with E-state index in [-0.39, 0.29) is 0 Å². The van der Waals surface area contributed by atoms with Crippen molar-refractivity contribution in [2.75, 3.05) is 18.1 Å². The van der Waals surface area contributed by atoms with Crippen LogP contribution in [-0.2, 0) is 12.8 Å². The van der Waals surface area contributed by atoms with Gasteiger partial charge in [0.2, 0.25) is 0 Å². The fourth-order valence-corrected chi connectivity index (χ4v) is 3.50. The Balaban J connectivity index is 1.85. The van der Waals surface area contributed by atoms with Crippen molar-refractivity contribution in [1.82, 2.24) is 4.98 Å². The smallest absolute Gasteiger partial charge is 0.339 e. The summed E-state index contributed by atoms with van der Waals surface area (Å²) in [6, 6.07) is 1.82. The van der Waals surface area contributed by atoms with Crippen LogP contribution < -0.4 is 5.32 Å². The molecular weight excluding hydrogens is 272 g/mol. The Morgan fingerprint density at radius 1 is 1.45 bits per heavy atom. The van der Waals surface area contributed by atoms with E-state index in [0.29, 0.717) is 16.1 Å². The van der Waals surface area contributed by atoms with E-state index in [4.69, 9.17) is 0 Å². The van der Waals surface area contributed by atoms with Crippen molar-refractivity contribution in [2.45, 2.75) is 43.3 Å². The van der Waals surface area contributed by atoms with Gasteiger partial charge in [-0.05, 0) is 56.4 Å². The number of carboxylic acid groups (broad SMARTS) is 1. The van der Waals surface area contributed by atoms with Gasteiger partial charge in [-0.15, -0.1) is 0 Å². The summed E-state index contributed by atoms with van der Waals surface area (Å²) in [4.78, 5) is 16.0. The molecule has 0 saturated heterocycles. The second-order valence-corrected chi connectivity index (χ2v) is 7.02. The van der Waals surface area contributed by atoms with Crippen LogP contribution in [0.25, 0.3) is 0 Å². The number of anilines is 1. The van der Waals surface area contributed by atoms with Crippen LogP contribution in [0, 0.1) is 0 Å². The Kier molecular flexibility index (Phi) is 3.63. The predicted octanol–water partition coefficient (Wildman–Crippen LogP) is 2.97. The molecule has 0 spiro atoms. The third-order valence-corrected chi connectivity index (χ3v) is 5.77. The van der Waals surface area contributed by atoms with Crippen LogP contribution in [-0.4, -0.2) is 33.6 Å². The molecule has 1 heterocycles. The van der Waals surface area contributed by atoms with Crippen molar-refractivity contribution in [3.8, 4) is 0 Å². The molecule has 2 aliphatic rings. The summed E-state index contributed by atoms with van der Waals surface area (Å²) in [7, 11) is 0. The van der Waals surface area contributed by atoms with E-state index >= 15 is 0 Å². The minimum atomic E-state index is -0.887. The number of aryl methyl sites for hydroxylation is 2. The molecule has 0 atom stereocenters. The van der Waals surface area contributed by atoms with Gasteiger partial charge in [-0.2, -0.15) is 11.8 Å². The van der Waals surface area contributed by atoms with E-state index in [2.05, 4.69) is 16.6 Å². The monoisotopic (exact) mass is 292 g/mol. The Hall–Kier alpha value is -1.23. The number of thioether (sulfide) groups is 1. The number of nitrogens with zero attached hydrogens (tertiary/aromatic N) is 1. The molecule has 20 heavy (non-hydrogen) atoms. The van der Waals surface area contributed by atoms with Crippen molar-refractivity contribution in [1.29, 1.82) is 0 Å². The number of pyridine rings is 1. The molecule has 2 N–H and O–H groups in total. The lowest BCUT2D eigenvalue weighted by atomic mass is 9.94. The van der Waals surface area contributed by atoms with Gasteiger partial charge in [0.05, 0.1) is 0 Å². The molecule has 4 nitrogen and oxygen atoms in total. The highest BCUT2D eigenvalue weighted by molar-refractivity contribution is 8.00. The molecule has 2 aliphatic carbocycles. The number of hydrogen-bond donors (Lipinski definition) is 2. The first-order valence-electron chi connectivity index (χ1n) is 7.19. The van der Waals surface area contributed by atoms with Gasteiger partial charge in [0.1, 0.15) is 11.4 Å². The van der Waals surface area contributed by atoms with E-state index < -0.39 is 5.97 Å². The molecule has 0 aromatic carbocycles. The summed E-state index contributed by atoms with van der Waals surface area (Å²) in [5.74, 6) is -0.333. The molecule has 0 unspecified atom stereocenters. The number of hydrogen-bond acceptors (Lipinski definition) is 4. The third-order valence-electron chi connectivity index (χ3n) is 4.35. The number of nitrogens with one attached hydrogen (secondary N) is 1. The molecule has 1 fully saturated rings. The molecule has 1 aromatic rings. The molecule has 0 amide bonds. The normalized spacial score (nSPS) is 19.2. The molecule has 0 aliphatic heterocycles. The van der Waals surface area contributed by atoms with Gasteiger partial charge < -0.3 is 10.4 Å². The zero-order valence-electron chi connectivity index (χ0n) is 11.7. The summed E-state index contributed by atoms with van der Waals surface area (Å²) in [5.41, 5.74) is 2.52. The van der Waals surface area contributed by atoms with Crippen molar-refractivity contribution >= 4 is 23.5 Å². The van der Waals surface area contributed by atoms with E-state index in [1.54, 1.807) is 0 Å². The van der Waals surface area contributed by atoms with Crippen LogP contribution in [0.1, 0.15) is 47.3 Å². The topological polar surface area (TPSA) is 62.2 Å². The lowest BCUT2D eigenvalue weighted by Crippen LogP contribution is -2.21. The van der Waals surface area contributed by atoms with Crippen molar-refractivity contribution in [3.05, 3.63) is 22.9 Å². The lowest BCUT2D eigenvalue weighted by Gasteiger charge is -2.19. The van der Waals surface area contributed by atoms with Gasteiger partial charge in [-0.3, -0.25) is 0 Å². The third kappa shape index (κ3) is 2.64. The average Bonchev–Trinajstić information content (AvgIpc) is 3.24. The first-order valence-corrected chi connectivity index (χ1v) is 8.41. The van der Waals surface area contributed by atoms with E-state index in [9.17, 15) is 9.90 Å². The number of aromatic carboxylic acids is 1. The van der Waals surface area contributed by atoms with Gasteiger partial charge in [0.15, 0.2) is 0 Å². The molecule has 3 rings (SSSR count). The van der Waals surface area contributed by atoms with Crippen LogP contribution in [0.2, 0.25) is 0 Å². The molecule has 0 radical (unpaired) electrons. The van der Waals surface area contributed by atoms with Crippen molar-refractivity contribution in [2.24, 2.45) is 0 Å². The van der Waals surface area contributed by atoms with Crippen molar-refractivity contribution in [3.63, 3.8) is 0 Å². The predicted molar refractivity (Wildman–Crippen MR) is 81.8 cm³/mol. The van der Waals surface area contributed by atoms with Gasteiger partial charge in [-0.1, -0.05) is 0 Å². The maximum absolute atomic E-state index is 11.4. The van der Waals surface area contributed by atoms with E-state index in [1.807, 2.05) is 17.8 Å². The Labute approximate surface area is 123 Å². The quantitative estimate of drug-likeness (QED) is 0.873. The highest BCUT2D eigenvalue weighted by atomic mass is 32.2. The minimum Gasteiger partial charge on any atom is -0.478 e. The van der Waals surface area contributed by atoms with Crippen molar-refractivity contribution < 1.29 is 9.90 Å². The average molecular weight is 292 g/mol. The molecular formula is C15H20N2O2S. The highest BCUT2D eigenvalue weighted by Gasteiger charge is 2.41. The zero-order valence-corrected chi connectivity index (χ0v) is 12.6. The number of carbonyl (C=O) groups is 1. The first kappa shape index (κ1) is 13.7. The van der Waals surface area contributed by atoms with Crippen LogP contribution in [0.4, 0.5) is 5.82 Å². The highest BCUT2D eigenvalue weighted by Crippen LogP contribution is 2.47. The van der Waals surface area contributed by atoms with Gasteiger partial charge in [-0.25, -0.2) is 9.78 Å². The second kappa shape index (κ2) is 5.28. The molecule has 1 saturated carbocycles. The first-order chi connectivity index (χ1) is 9.63. The molecule has 108 valence electrons. The largest absolute Gasteiger partial charge is 0.478 e. The lowest BCUT2D eigenvalue weighted by molar-refractivity contribution is 0.0697. The number of fused-ring (bicyclic) bond motifs is 1. The SMILES string of the molecule is CSC1(CNc2nc3c(cc2C(=O)O)CCCC3)CC1. The summed E-state index contributed by atoms with van der Waals surface area (Å²) in [6.45, 7) is 0.806. The second-order valence-electron chi connectivity index (χ2n) is 5.74. The van der Waals surface area contributed by atoms with E-state index in [1.165, 1.54) is 12.8 Å². The maximum atomic E-state index is 11.4. The minimum absolute atomic E-state index is 0.299. The fraction of sp³-hybridized carbons (Fsp3) is 0.600. The van der Waals surface area contributed by atoms with Crippen LogP contribution in [0.3, 0.4) is 0 Å². The van der Waals surface area contributed by atoms with Crippen LogP contribution in [0.15, 0.2) is 6.07 Å². The van der Waals surface area contributed by atoms with Crippen LogP contribution >= 0.6 is 11.8 Å². The fourth-order valence-electron chi connectivity index (χ4n) is 2.77. The molecule has 5 heteroatoms. The maximum Gasteiger partial charge on any atom is 0.339 e. The van der Waals surface area contributed by atoms with Gasteiger partial charge in [0, 0.05) is 17.0 Å². The Bertz CT molecular complexity index is 541. The van der Waals surface area contributed by atoms with Gasteiger partial charge in [0.25, 0.3) is 0 Å². The van der Waals surface area contributed by atoms with Crippen LogP contribution in [0.5, 0.6) is 0 Å². The summed E-state index contributed by atoms with van der Waals surface area (Å²) in [5, 5.41) is 12.7. The summed E-state index contributed by atoms with van der Waals surface area (Å²) in [6.07, 6.45) is 8.74. The van der Waals surface area contributed by atoms with Gasteiger partial charge >= 0.3 is 5.97 Å². The standard InChI is InChI=1S/C15H20N2O2S/c1-20-15(6-7-15)9-16-13-11(14(18)19)8-10-4-2-3-5-12(10)17-13/h8H,2-7,9H2,1H3,(H,16,17)(H,18,19). The number of rotatable bonds is 5. The number of carboxylic acids is 1. The number of aromatic nitrogens is 1. The van der Waals surface area contributed by atoms with E-state index in [0.717, 1.165) is 43.5 Å².